The molecule has 100 valence electrons. The van der Waals surface area contributed by atoms with Crippen molar-refractivity contribution in [2.75, 3.05) is 13.2 Å². The fourth-order valence-electron chi connectivity index (χ4n) is 1.09. The molecule has 0 radical (unpaired) electrons. The van der Waals surface area contributed by atoms with Gasteiger partial charge in [-0.3, -0.25) is 4.89 Å². The van der Waals surface area contributed by atoms with Gasteiger partial charge in [0.15, 0.2) is 0 Å². The van der Waals surface area contributed by atoms with Crippen LogP contribution in [0.5, 0.6) is 0 Å². The monoisotopic (exact) mass is 246 g/mol. The van der Waals surface area contributed by atoms with Gasteiger partial charge < -0.3 is 4.74 Å². The molecule has 0 aromatic carbocycles. The number of esters is 1. The van der Waals surface area contributed by atoms with Crippen LogP contribution in [0.3, 0.4) is 0 Å². The summed E-state index contributed by atoms with van der Waals surface area (Å²) in [5.41, 5.74) is 0. The standard InChI is InChI=1S/C12H22O5/c1-3-5-7-8-10-16-17-12(14)11(13)15-9-6-4-2/h3-10H2,1-2H3. The van der Waals surface area contributed by atoms with Gasteiger partial charge in [0.25, 0.3) is 0 Å². The average molecular weight is 246 g/mol. The van der Waals surface area contributed by atoms with Crippen molar-refractivity contribution in [1.82, 2.24) is 0 Å². The van der Waals surface area contributed by atoms with E-state index < -0.39 is 11.9 Å². The molecule has 0 aromatic heterocycles. The van der Waals surface area contributed by atoms with Crippen molar-refractivity contribution >= 4 is 11.9 Å². The lowest BCUT2D eigenvalue weighted by molar-refractivity contribution is -0.272. The van der Waals surface area contributed by atoms with Gasteiger partial charge in [-0.15, -0.1) is 0 Å². The molecular formula is C12H22O5. The Morgan fingerprint density at radius 2 is 1.53 bits per heavy atom. The zero-order valence-corrected chi connectivity index (χ0v) is 10.7. The molecule has 0 saturated heterocycles. The van der Waals surface area contributed by atoms with Gasteiger partial charge >= 0.3 is 11.9 Å². The van der Waals surface area contributed by atoms with E-state index in [2.05, 4.69) is 21.4 Å². The number of ether oxygens (including phenoxy) is 1. The zero-order chi connectivity index (χ0) is 12.9. The minimum atomic E-state index is -1.09. The first-order valence-electron chi connectivity index (χ1n) is 6.22. The lowest BCUT2D eigenvalue weighted by Gasteiger charge is -2.04. The molecule has 0 aliphatic rings. The van der Waals surface area contributed by atoms with Gasteiger partial charge in [0.1, 0.15) is 0 Å². The van der Waals surface area contributed by atoms with E-state index in [1.54, 1.807) is 0 Å². The van der Waals surface area contributed by atoms with Gasteiger partial charge in [-0.05, 0) is 12.8 Å². The summed E-state index contributed by atoms with van der Waals surface area (Å²) < 4.78 is 4.65. The third-order valence-electron chi connectivity index (χ3n) is 2.11. The summed E-state index contributed by atoms with van der Waals surface area (Å²) in [6.07, 6.45) is 5.72. The zero-order valence-electron chi connectivity index (χ0n) is 10.7. The van der Waals surface area contributed by atoms with Crippen LogP contribution in [0.25, 0.3) is 0 Å². The van der Waals surface area contributed by atoms with Crippen LogP contribution in [0, 0.1) is 0 Å². The second-order valence-corrected chi connectivity index (χ2v) is 3.74. The Bertz CT molecular complexity index is 215. The smallest absolute Gasteiger partial charge is 0.449 e. The summed E-state index contributed by atoms with van der Waals surface area (Å²) in [5.74, 6) is -2.08. The predicted molar refractivity (Wildman–Crippen MR) is 62.1 cm³/mol. The Labute approximate surface area is 102 Å². The number of carbonyl (C=O) groups excluding carboxylic acids is 2. The summed E-state index contributed by atoms with van der Waals surface area (Å²) in [6.45, 7) is 4.62. The van der Waals surface area contributed by atoms with E-state index >= 15 is 0 Å². The fraction of sp³-hybridized carbons (Fsp3) is 0.833. The summed E-state index contributed by atoms with van der Waals surface area (Å²) in [5, 5.41) is 0. The Hall–Kier alpha value is -1.10. The van der Waals surface area contributed by atoms with Crippen molar-refractivity contribution in [2.24, 2.45) is 0 Å². The van der Waals surface area contributed by atoms with E-state index in [4.69, 9.17) is 0 Å². The van der Waals surface area contributed by atoms with Crippen molar-refractivity contribution in [1.29, 1.82) is 0 Å². The summed E-state index contributed by atoms with van der Waals surface area (Å²) in [7, 11) is 0. The van der Waals surface area contributed by atoms with Crippen LogP contribution in [0.4, 0.5) is 0 Å². The normalized spacial score (nSPS) is 10.0. The molecule has 0 rings (SSSR count). The van der Waals surface area contributed by atoms with Crippen LogP contribution in [-0.4, -0.2) is 25.2 Å². The average Bonchev–Trinajstić information content (AvgIpc) is 2.33. The lowest BCUT2D eigenvalue weighted by atomic mass is 10.2. The topological polar surface area (TPSA) is 61.8 Å². The molecule has 0 N–H and O–H groups in total. The fourth-order valence-corrected chi connectivity index (χ4v) is 1.09. The maximum atomic E-state index is 11.0. The highest BCUT2D eigenvalue weighted by Crippen LogP contribution is 1.99. The second kappa shape index (κ2) is 11.4. The highest BCUT2D eigenvalue weighted by Gasteiger charge is 2.18. The number of hydrogen-bond acceptors (Lipinski definition) is 5. The Morgan fingerprint density at radius 1 is 0.824 bits per heavy atom. The van der Waals surface area contributed by atoms with E-state index in [0.717, 1.165) is 38.5 Å². The first-order valence-corrected chi connectivity index (χ1v) is 6.22. The maximum Gasteiger partial charge on any atom is 0.449 e. The molecule has 0 unspecified atom stereocenters. The molecule has 0 atom stereocenters. The molecule has 0 aliphatic heterocycles. The van der Waals surface area contributed by atoms with Crippen LogP contribution >= 0.6 is 0 Å². The van der Waals surface area contributed by atoms with Gasteiger partial charge in [0.05, 0.1) is 13.2 Å². The third kappa shape index (κ3) is 9.81. The van der Waals surface area contributed by atoms with E-state index in [1.807, 2.05) is 6.92 Å². The first kappa shape index (κ1) is 15.9. The van der Waals surface area contributed by atoms with Crippen LogP contribution in [0.1, 0.15) is 52.4 Å². The Morgan fingerprint density at radius 3 is 2.18 bits per heavy atom. The number of rotatable bonds is 9. The molecule has 0 spiro atoms. The SMILES string of the molecule is CCCCCCOOC(=O)C(=O)OCCCC. The van der Waals surface area contributed by atoms with E-state index in [1.165, 1.54) is 0 Å². The van der Waals surface area contributed by atoms with Crippen molar-refractivity contribution in [3.05, 3.63) is 0 Å². The van der Waals surface area contributed by atoms with Gasteiger partial charge in [-0.2, -0.15) is 4.89 Å². The van der Waals surface area contributed by atoms with Crippen LogP contribution < -0.4 is 0 Å². The summed E-state index contributed by atoms with van der Waals surface area (Å²) in [4.78, 5) is 30.9. The largest absolute Gasteiger partial charge is 0.457 e. The molecule has 5 heteroatoms. The van der Waals surface area contributed by atoms with Crippen LogP contribution in [0.2, 0.25) is 0 Å². The first-order chi connectivity index (χ1) is 8.22. The molecule has 0 aliphatic carbocycles. The molecule has 5 nitrogen and oxygen atoms in total. The third-order valence-corrected chi connectivity index (χ3v) is 2.11. The van der Waals surface area contributed by atoms with Gasteiger partial charge in [0.2, 0.25) is 0 Å². The molecule has 0 amide bonds. The van der Waals surface area contributed by atoms with Gasteiger partial charge in [0, 0.05) is 0 Å². The number of hydrogen-bond donors (Lipinski definition) is 0. The van der Waals surface area contributed by atoms with E-state index in [9.17, 15) is 9.59 Å². The molecule has 0 heterocycles. The van der Waals surface area contributed by atoms with Crippen LogP contribution in [-0.2, 0) is 24.1 Å². The minimum absolute atomic E-state index is 0.237. The number of carbonyl (C=O) groups is 2. The molecule has 0 bridgehead atoms. The van der Waals surface area contributed by atoms with Crippen LogP contribution in [0.15, 0.2) is 0 Å². The van der Waals surface area contributed by atoms with Crippen molar-refractivity contribution < 1.29 is 24.1 Å². The lowest BCUT2D eigenvalue weighted by Crippen LogP contribution is -2.21. The van der Waals surface area contributed by atoms with E-state index in [0.29, 0.717) is 6.61 Å². The van der Waals surface area contributed by atoms with E-state index in [-0.39, 0.29) is 6.61 Å². The molecule has 0 aromatic rings. The van der Waals surface area contributed by atoms with Gasteiger partial charge in [-0.1, -0.05) is 39.5 Å². The van der Waals surface area contributed by atoms with Crippen molar-refractivity contribution in [2.45, 2.75) is 52.4 Å². The quantitative estimate of drug-likeness (QED) is 0.205. The summed E-state index contributed by atoms with van der Waals surface area (Å²) >= 11 is 0. The highest BCUT2D eigenvalue weighted by molar-refractivity contribution is 6.29. The maximum absolute atomic E-state index is 11.0. The second-order valence-electron chi connectivity index (χ2n) is 3.74. The Kier molecular flexibility index (Phi) is 10.7. The molecule has 17 heavy (non-hydrogen) atoms. The predicted octanol–water partition coefficient (Wildman–Crippen LogP) is 2.38. The Balaban J connectivity index is 3.41. The highest BCUT2D eigenvalue weighted by atomic mass is 17.2. The number of unbranched alkanes of at least 4 members (excludes halogenated alkanes) is 4. The molecular weight excluding hydrogens is 224 g/mol. The van der Waals surface area contributed by atoms with Crippen molar-refractivity contribution in [3.63, 3.8) is 0 Å². The minimum Gasteiger partial charge on any atom is -0.457 e. The van der Waals surface area contributed by atoms with Crippen molar-refractivity contribution in [3.8, 4) is 0 Å². The molecule has 0 fully saturated rings. The molecule has 0 saturated carbocycles. The van der Waals surface area contributed by atoms with Gasteiger partial charge in [-0.25, -0.2) is 9.59 Å². The summed E-state index contributed by atoms with van der Waals surface area (Å²) in [6, 6.07) is 0.